The van der Waals surface area contributed by atoms with Crippen molar-refractivity contribution >= 4 is 11.9 Å². The van der Waals surface area contributed by atoms with Gasteiger partial charge in [0.25, 0.3) is 5.91 Å². The van der Waals surface area contributed by atoms with Gasteiger partial charge in [-0.15, -0.1) is 0 Å². The second-order valence-electron chi connectivity index (χ2n) is 4.99. The van der Waals surface area contributed by atoms with Crippen molar-refractivity contribution in [1.29, 1.82) is 0 Å². The third-order valence-electron chi connectivity index (χ3n) is 1.91. The summed E-state index contributed by atoms with van der Waals surface area (Å²) in [6, 6.07) is 2.58. The molecule has 0 spiro atoms. The first-order valence-corrected chi connectivity index (χ1v) is 5.56. The lowest BCUT2D eigenvalue weighted by molar-refractivity contribution is -0.684. The minimum Gasteiger partial charge on any atom is -0.503 e. The zero-order valence-corrected chi connectivity index (χ0v) is 10.7. The van der Waals surface area contributed by atoms with Crippen LogP contribution in [-0.2, 0) is 11.3 Å². The average Bonchev–Trinajstić information content (AvgIpc) is 2.13. The fourth-order valence-corrected chi connectivity index (χ4v) is 1.31. The van der Waals surface area contributed by atoms with E-state index >= 15 is 0 Å². The molecule has 18 heavy (non-hydrogen) atoms. The number of carbonyl (C=O) groups excluding carboxylic acids is 2. The van der Waals surface area contributed by atoms with Gasteiger partial charge in [-0.1, -0.05) is 0 Å². The smallest absolute Gasteiger partial charge is 0.322 e. The Kier molecular flexibility index (Phi) is 4.25. The molecule has 0 fully saturated rings. The Morgan fingerprint density at radius 2 is 2.06 bits per heavy atom. The number of imide groups is 1. The van der Waals surface area contributed by atoms with Crippen LogP contribution in [0.25, 0.3) is 0 Å². The first-order valence-electron chi connectivity index (χ1n) is 5.56. The molecule has 1 heterocycles. The molecule has 0 bridgehead atoms. The number of aromatic nitrogens is 1. The summed E-state index contributed by atoms with van der Waals surface area (Å²) in [5, 5.41) is 14.1. The normalized spacial score (nSPS) is 10.8. The van der Waals surface area contributed by atoms with Crippen molar-refractivity contribution in [1.82, 2.24) is 10.6 Å². The van der Waals surface area contributed by atoms with Crippen molar-refractivity contribution in [2.75, 3.05) is 0 Å². The molecule has 0 unspecified atom stereocenters. The highest BCUT2D eigenvalue weighted by atomic mass is 16.3. The Hall–Kier alpha value is -2.11. The molecule has 3 amide bonds. The summed E-state index contributed by atoms with van der Waals surface area (Å²) in [5.41, 5.74) is -0.400. The first kappa shape index (κ1) is 14.0. The van der Waals surface area contributed by atoms with Crippen LogP contribution in [0.3, 0.4) is 0 Å². The number of aromatic hydroxyl groups is 1. The van der Waals surface area contributed by atoms with Crippen LogP contribution in [0.4, 0.5) is 4.79 Å². The average molecular weight is 252 g/mol. The predicted octanol–water partition coefficient (Wildman–Crippen LogP) is 0.304. The Morgan fingerprint density at radius 1 is 1.39 bits per heavy atom. The molecule has 0 aliphatic rings. The molecule has 0 aliphatic heterocycles. The molecule has 0 aliphatic carbocycles. The van der Waals surface area contributed by atoms with Crippen LogP contribution in [0.15, 0.2) is 24.5 Å². The van der Waals surface area contributed by atoms with Crippen molar-refractivity contribution in [2.45, 2.75) is 32.9 Å². The van der Waals surface area contributed by atoms with Crippen molar-refractivity contribution in [3.63, 3.8) is 0 Å². The molecule has 6 nitrogen and oxygen atoms in total. The molecule has 0 saturated heterocycles. The zero-order chi connectivity index (χ0) is 13.8. The van der Waals surface area contributed by atoms with Gasteiger partial charge >= 0.3 is 6.03 Å². The highest BCUT2D eigenvalue weighted by Gasteiger charge is 2.17. The van der Waals surface area contributed by atoms with Gasteiger partial charge in [0.1, 0.15) is 0 Å². The fourth-order valence-electron chi connectivity index (χ4n) is 1.31. The van der Waals surface area contributed by atoms with Crippen molar-refractivity contribution < 1.29 is 19.3 Å². The van der Waals surface area contributed by atoms with E-state index in [0.717, 1.165) is 0 Å². The summed E-state index contributed by atoms with van der Waals surface area (Å²) < 4.78 is 1.48. The molecule has 1 aromatic heterocycles. The van der Waals surface area contributed by atoms with Crippen LogP contribution in [-0.4, -0.2) is 22.6 Å². The summed E-state index contributed by atoms with van der Waals surface area (Å²) >= 11 is 0. The molecule has 98 valence electrons. The van der Waals surface area contributed by atoms with Gasteiger partial charge in [0.05, 0.1) is 0 Å². The highest BCUT2D eigenvalue weighted by molar-refractivity contribution is 5.93. The van der Waals surface area contributed by atoms with Crippen LogP contribution in [0.2, 0.25) is 0 Å². The maximum atomic E-state index is 11.5. The summed E-state index contributed by atoms with van der Waals surface area (Å²) in [6.07, 6.45) is 3.03. The third kappa shape index (κ3) is 5.29. The molecular formula is C12H18N3O3+. The maximum absolute atomic E-state index is 11.5. The maximum Gasteiger partial charge on any atom is 0.322 e. The van der Waals surface area contributed by atoms with E-state index in [4.69, 9.17) is 0 Å². The van der Waals surface area contributed by atoms with Gasteiger partial charge in [-0.2, -0.15) is 4.57 Å². The summed E-state index contributed by atoms with van der Waals surface area (Å²) in [4.78, 5) is 23.0. The number of nitrogens with one attached hydrogen (secondary N) is 2. The quantitative estimate of drug-likeness (QED) is 0.662. The first-order chi connectivity index (χ1) is 8.26. The Labute approximate surface area is 106 Å². The lowest BCUT2D eigenvalue weighted by Gasteiger charge is -2.19. The number of urea groups is 1. The molecule has 1 rings (SSSR count). The van der Waals surface area contributed by atoms with Crippen LogP contribution < -0.4 is 15.2 Å². The van der Waals surface area contributed by atoms with E-state index < -0.39 is 17.5 Å². The Morgan fingerprint density at radius 3 is 2.61 bits per heavy atom. The van der Waals surface area contributed by atoms with Gasteiger partial charge in [0, 0.05) is 11.6 Å². The molecule has 3 N–H and O–H groups in total. The highest BCUT2D eigenvalue weighted by Crippen LogP contribution is 2.00. The van der Waals surface area contributed by atoms with E-state index in [2.05, 4.69) is 10.6 Å². The van der Waals surface area contributed by atoms with E-state index in [1.54, 1.807) is 12.3 Å². The molecule has 0 aromatic carbocycles. The lowest BCUT2D eigenvalue weighted by atomic mass is 10.1. The fraction of sp³-hybridized carbons (Fsp3) is 0.417. The number of rotatable bonds is 2. The Balaban J connectivity index is 2.50. The topological polar surface area (TPSA) is 82.3 Å². The minimum absolute atomic E-state index is 0.0358. The summed E-state index contributed by atoms with van der Waals surface area (Å²) in [7, 11) is 0. The van der Waals surface area contributed by atoms with E-state index in [9.17, 15) is 14.7 Å². The van der Waals surface area contributed by atoms with E-state index in [0.29, 0.717) is 0 Å². The largest absolute Gasteiger partial charge is 0.503 e. The molecule has 1 aromatic rings. The van der Waals surface area contributed by atoms with Crippen molar-refractivity contribution in [3.05, 3.63) is 24.5 Å². The lowest BCUT2D eigenvalue weighted by Crippen LogP contribution is -2.51. The van der Waals surface area contributed by atoms with Gasteiger partial charge in [0.2, 0.25) is 12.7 Å². The number of nitrogens with zero attached hydrogens (tertiary/aromatic N) is 1. The second kappa shape index (κ2) is 5.48. The number of pyridine rings is 1. The number of carbonyl (C=O) groups is 2. The molecule has 0 atom stereocenters. The Bertz CT molecular complexity index is 452. The number of hydrogen-bond donors (Lipinski definition) is 3. The van der Waals surface area contributed by atoms with E-state index in [-0.39, 0.29) is 12.3 Å². The SMILES string of the molecule is CC(C)(C)NC(=O)NC(=O)C[n+]1cccc(O)c1. The third-order valence-corrected chi connectivity index (χ3v) is 1.91. The molecule has 0 radical (unpaired) electrons. The molecule has 0 saturated carbocycles. The van der Waals surface area contributed by atoms with Crippen molar-refractivity contribution in [2.24, 2.45) is 0 Å². The van der Waals surface area contributed by atoms with Crippen LogP contribution >= 0.6 is 0 Å². The van der Waals surface area contributed by atoms with Crippen LogP contribution in [0.5, 0.6) is 5.75 Å². The number of hydrogen-bond acceptors (Lipinski definition) is 3. The number of amides is 3. The van der Waals surface area contributed by atoms with E-state index in [1.807, 2.05) is 20.8 Å². The van der Waals surface area contributed by atoms with Crippen molar-refractivity contribution in [3.8, 4) is 5.75 Å². The molecule has 6 heteroatoms. The monoisotopic (exact) mass is 252 g/mol. The van der Waals surface area contributed by atoms with Gasteiger partial charge in [-0.25, -0.2) is 4.79 Å². The zero-order valence-electron chi connectivity index (χ0n) is 10.7. The minimum atomic E-state index is -0.534. The van der Waals surface area contributed by atoms with Crippen LogP contribution in [0, 0.1) is 0 Å². The summed E-state index contributed by atoms with van der Waals surface area (Å²) in [6.45, 7) is 5.43. The molecular weight excluding hydrogens is 234 g/mol. The predicted molar refractivity (Wildman–Crippen MR) is 64.7 cm³/mol. The van der Waals surface area contributed by atoms with Crippen LogP contribution in [0.1, 0.15) is 20.8 Å². The van der Waals surface area contributed by atoms with Gasteiger partial charge < -0.3 is 10.4 Å². The standard InChI is InChI=1S/C12H17N3O3/c1-12(2,3)14-11(18)13-10(17)8-15-6-4-5-9(16)7-15/h4-7H,8H2,1-3H3,(H2-,13,14,16,17,18)/p+1. The van der Waals surface area contributed by atoms with Gasteiger partial charge in [-0.05, 0) is 26.8 Å². The van der Waals surface area contributed by atoms with Gasteiger partial charge in [0.15, 0.2) is 11.9 Å². The van der Waals surface area contributed by atoms with E-state index in [1.165, 1.54) is 16.8 Å². The second-order valence-corrected chi connectivity index (χ2v) is 4.99. The summed E-state index contributed by atoms with van der Waals surface area (Å²) in [5.74, 6) is -0.392. The van der Waals surface area contributed by atoms with Gasteiger partial charge in [-0.3, -0.25) is 10.1 Å².